The van der Waals surface area contributed by atoms with E-state index in [-0.39, 0.29) is 10.8 Å². The zero-order valence-electron chi connectivity index (χ0n) is 16.2. The molecule has 0 rings (SSSR count). The Hall–Kier alpha value is -0.370. The number of hydrogen-bond donors (Lipinski definition) is 1. The minimum absolute atomic E-state index is 0.0895. The summed E-state index contributed by atoms with van der Waals surface area (Å²) in [6, 6.07) is 0. The first-order chi connectivity index (χ1) is 10.2. The molecule has 0 aliphatic carbocycles. The third-order valence-corrected chi connectivity index (χ3v) is 4.13. The van der Waals surface area contributed by atoms with Gasteiger partial charge in [0.25, 0.3) is 0 Å². The lowest BCUT2D eigenvalue weighted by Gasteiger charge is -2.20. The quantitative estimate of drug-likeness (QED) is 0.346. The summed E-state index contributed by atoms with van der Waals surface area (Å²) >= 11 is 0. The summed E-state index contributed by atoms with van der Waals surface area (Å²) in [7, 11) is 0. The minimum atomic E-state index is -0.0895. The molecule has 0 heterocycles. The van der Waals surface area contributed by atoms with Crippen LogP contribution in [0, 0.1) is 10.8 Å². The topological polar surface area (TPSA) is 37.3 Å². The molecule has 1 N–H and O–H groups in total. The molecule has 0 spiro atoms. The van der Waals surface area contributed by atoms with Gasteiger partial charge in [0.1, 0.15) is 6.29 Å². The summed E-state index contributed by atoms with van der Waals surface area (Å²) in [5.41, 5.74) is 0.0570. The molecule has 0 saturated heterocycles. The maximum atomic E-state index is 10.5. The molecular weight excluding hydrogens is 272 g/mol. The van der Waals surface area contributed by atoms with Crippen molar-refractivity contribution in [1.82, 2.24) is 0 Å². The largest absolute Gasteiger partial charge is 0.396 e. The summed E-state index contributed by atoms with van der Waals surface area (Å²) in [5.74, 6) is 0. The smallest absolute Gasteiger partial charge is 0.125 e. The van der Waals surface area contributed by atoms with Gasteiger partial charge in [0.15, 0.2) is 0 Å². The summed E-state index contributed by atoms with van der Waals surface area (Å²) in [4.78, 5) is 10.5. The molecule has 0 amide bonds. The highest BCUT2D eigenvalue weighted by molar-refractivity contribution is 5.57. The first kappa shape index (κ1) is 23.9. The second-order valence-corrected chi connectivity index (χ2v) is 8.05. The molecule has 0 bridgehead atoms. The Balaban J connectivity index is 0. The number of rotatable bonds is 12. The molecule has 0 aliphatic heterocycles. The number of carbonyl (C=O) groups is 1. The SMILES string of the molecule is CCCCCCC(C)(C)C=O.CCCCCCC(C)(C)CO. The van der Waals surface area contributed by atoms with E-state index in [0.29, 0.717) is 6.61 Å². The lowest BCUT2D eigenvalue weighted by molar-refractivity contribution is -0.115. The summed E-state index contributed by atoms with van der Waals surface area (Å²) in [6.07, 6.45) is 13.5. The van der Waals surface area contributed by atoms with Crippen molar-refractivity contribution < 1.29 is 9.90 Å². The molecular formula is C20H42O2. The zero-order chi connectivity index (χ0) is 17.5. The predicted octanol–water partition coefficient (Wildman–Crippen LogP) is 6.16. The van der Waals surface area contributed by atoms with Crippen LogP contribution in [0.15, 0.2) is 0 Å². The molecule has 2 nitrogen and oxygen atoms in total. The average molecular weight is 315 g/mol. The van der Waals surface area contributed by atoms with Crippen LogP contribution in [-0.2, 0) is 4.79 Å². The van der Waals surface area contributed by atoms with E-state index in [2.05, 4.69) is 27.7 Å². The Morgan fingerprint density at radius 1 is 0.773 bits per heavy atom. The summed E-state index contributed by atoms with van der Waals surface area (Å²) < 4.78 is 0. The van der Waals surface area contributed by atoms with Crippen LogP contribution in [0.5, 0.6) is 0 Å². The van der Waals surface area contributed by atoms with Crippen molar-refractivity contribution in [3.63, 3.8) is 0 Å². The van der Waals surface area contributed by atoms with Gasteiger partial charge in [0.05, 0.1) is 0 Å². The molecule has 0 aromatic carbocycles. The molecule has 0 radical (unpaired) electrons. The highest BCUT2D eigenvalue weighted by Crippen LogP contribution is 2.22. The highest BCUT2D eigenvalue weighted by atomic mass is 16.3. The van der Waals surface area contributed by atoms with E-state index in [1.54, 1.807) is 0 Å². The normalized spacial score (nSPS) is 11.8. The van der Waals surface area contributed by atoms with Crippen molar-refractivity contribution in [2.24, 2.45) is 10.8 Å². The first-order valence-electron chi connectivity index (χ1n) is 9.32. The minimum Gasteiger partial charge on any atom is -0.396 e. The fourth-order valence-corrected chi connectivity index (χ4v) is 2.18. The van der Waals surface area contributed by atoms with Crippen LogP contribution in [0.3, 0.4) is 0 Å². The van der Waals surface area contributed by atoms with Gasteiger partial charge in [-0.15, -0.1) is 0 Å². The number of hydrogen-bond acceptors (Lipinski definition) is 2. The predicted molar refractivity (Wildman–Crippen MR) is 98.2 cm³/mol. The van der Waals surface area contributed by atoms with Crippen LogP contribution in [0.2, 0.25) is 0 Å². The molecule has 0 saturated carbocycles. The molecule has 2 heteroatoms. The highest BCUT2D eigenvalue weighted by Gasteiger charge is 2.15. The Morgan fingerprint density at radius 2 is 1.23 bits per heavy atom. The summed E-state index contributed by atoms with van der Waals surface area (Å²) in [6.45, 7) is 13.0. The van der Waals surface area contributed by atoms with Gasteiger partial charge in [-0.25, -0.2) is 0 Å². The van der Waals surface area contributed by atoms with Crippen molar-refractivity contribution in [1.29, 1.82) is 0 Å². The monoisotopic (exact) mass is 314 g/mol. The van der Waals surface area contributed by atoms with Crippen LogP contribution in [-0.4, -0.2) is 18.0 Å². The molecule has 0 atom stereocenters. The number of aliphatic hydroxyl groups is 1. The van der Waals surface area contributed by atoms with Gasteiger partial charge in [-0.1, -0.05) is 92.9 Å². The van der Waals surface area contributed by atoms with E-state index in [0.717, 1.165) is 19.1 Å². The van der Waals surface area contributed by atoms with Crippen LogP contribution >= 0.6 is 0 Å². The maximum Gasteiger partial charge on any atom is 0.125 e. The lowest BCUT2D eigenvalue weighted by atomic mass is 9.88. The van der Waals surface area contributed by atoms with Crippen LogP contribution < -0.4 is 0 Å². The molecule has 134 valence electrons. The molecule has 0 aliphatic rings. The van der Waals surface area contributed by atoms with Gasteiger partial charge in [0.2, 0.25) is 0 Å². The van der Waals surface area contributed by atoms with Crippen molar-refractivity contribution in [3.8, 4) is 0 Å². The van der Waals surface area contributed by atoms with E-state index in [4.69, 9.17) is 5.11 Å². The van der Waals surface area contributed by atoms with Gasteiger partial charge in [-0.3, -0.25) is 0 Å². The number of aliphatic hydroxyl groups excluding tert-OH is 1. The number of aldehydes is 1. The van der Waals surface area contributed by atoms with E-state index < -0.39 is 0 Å². The second-order valence-electron chi connectivity index (χ2n) is 8.05. The Morgan fingerprint density at radius 3 is 1.59 bits per heavy atom. The first-order valence-corrected chi connectivity index (χ1v) is 9.32. The molecule has 0 aromatic heterocycles. The third-order valence-electron chi connectivity index (χ3n) is 4.13. The average Bonchev–Trinajstić information content (AvgIpc) is 2.49. The molecule has 0 fully saturated rings. The van der Waals surface area contributed by atoms with E-state index >= 15 is 0 Å². The van der Waals surface area contributed by atoms with Crippen LogP contribution in [0.25, 0.3) is 0 Å². The third kappa shape index (κ3) is 17.7. The van der Waals surface area contributed by atoms with E-state index in [1.807, 2.05) is 13.8 Å². The molecule has 0 unspecified atom stereocenters. The van der Waals surface area contributed by atoms with Crippen molar-refractivity contribution in [2.75, 3.05) is 6.61 Å². The summed E-state index contributed by atoms with van der Waals surface area (Å²) in [5, 5.41) is 8.95. The van der Waals surface area contributed by atoms with Gasteiger partial charge >= 0.3 is 0 Å². The second kappa shape index (κ2) is 14.2. The fourth-order valence-electron chi connectivity index (χ4n) is 2.18. The van der Waals surface area contributed by atoms with E-state index in [1.165, 1.54) is 51.4 Å². The zero-order valence-corrected chi connectivity index (χ0v) is 16.2. The number of carbonyl (C=O) groups excluding carboxylic acids is 1. The Bertz CT molecular complexity index is 244. The lowest BCUT2D eigenvalue weighted by Crippen LogP contribution is -2.16. The Labute approximate surface area is 140 Å². The van der Waals surface area contributed by atoms with Gasteiger partial charge < -0.3 is 9.90 Å². The van der Waals surface area contributed by atoms with Gasteiger partial charge in [-0.05, 0) is 18.3 Å². The Kier molecular flexibility index (Phi) is 15.5. The van der Waals surface area contributed by atoms with Crippen LogP contribution in [0.4, 0.5) is 0 Å². The number of unbranched alkanes of at least 4 members (excludes halogenated alkanes) is 6. The van der Waals surface area contributed by atoms with Crippen molar-refractivity contribution >= 4 is 6.29 Å². The fraction of sp³-hybridized carbons (Fsp3) is 0.950. The van der Waals surface area contributed by atoms with E-state index in [9.17, 15) is 4.79 Å². The maximum absolute atomic E-state index is 10.5. The van der Waals surface area contributed by atoms with Crippen molar-refractivity contribution in [2.45, 2.75) is 106 Å². The molecule has 22 heavy (non-hydrogen) atoms. The van der Waals surface area contributed by atoms with Gasteiger partial charge in [0, 0.05) is 12.0 Å². The van der Waals surface area contributed by atoms with Crippen molar-refractivity contribution in [3.05, 3.63) is 0 Å². The van der Waals surface area contributed by atoms with Gasteiger partial charge in [-0.2, -0.15) is 0 Å². The van der Waals surface area contributed by atoms with Crippen LogP contribution in [0.1, 0.15) is 106 Å². The standard InChI is InChI=1S/C10H22O.C10H20O/c2*1-4-5-6-7-8-10(2,3)9-11/h11H,4-9H2,1-3H3;9H,4-8H2,1-3H3. The molecule has 0 aromatic rings.